The minimum atomic E-state index is -0.557. The van der Waals surface area contributed by atoms with Crippen molar-refractivity contribution in [3.05, 3.63) is 29.8 Å². The fourth-order valence-electron chi connectivity index (χ4n) is 2.99. The standard InChI is InChI=1S/C15H22O2/c1-14(2)8-9-15(16,11-14)10-12-6-4-5-7-13(12)17-3/h4-7,16H,8-11H2,1-3H3. The molecular weight excluding hydrogens is 212 g/mol. The Morgan fingerprint density at radius 1 is 1.24 bits per heavy atom. The van der Waals surface area contributed by atoms with Crippen molar-refractivity contribution in [3.63, 3.8) is 0 Å². The SMILES string of the molecule is COc1ccccc1CC1(O)CCC(C)(C)C1. The van der Waals surface area contributed by atoms with Crippen molar-refractivity contribution in [2.75, 3.05) is 7.11 Å². The topological polar surface area (TPSA) is 29.5 Å². The first kappa shape index (κ1) is 12.4. The number of methoxy groups -OCH3 is 1. The summed E-state index contributed by atoms with van der Waals surface area (Å²) < 4.78 is 5.34. The normalized spacial score (nSPS) is 27.1. The van der Waals surface area contributed by atoms with Crippen LogP contribution in [0.15, 0.2) is 24.3 Å². The van der Waals surface area contributed by atoms with Crippen LogP contribution in [-0.2, 0) is 6.42 Å². The van der Waals surface area contributed by atoms with Gasteiger partial charge in [-0.1, -0.05) is 32.0 Å². The summed E-state index contributed by atoms with van der Waals surface area (Å²) in [6.07, 6.45) is 3.55. The Balaban J connectivity index is 2.16. The molecule has 1 atom stereocenters. The minimum absolute atomic E-state index is 0.261. The van der Waals surface area contributed by atoms with Crippen LogP contribution in [0.2, 0.25) is 0 Å². The first-order valence-electron chi connectivity index (χ1n) is 6.28. The van der Waals surface area contributed by atoms with Gasteiger partial charge in [-0.25, -0.2) is 0 Å². The van der Waals surface area contributed by atoms with Gasteiger partial charge in [-0.05, 0) is 36.3 Å². The second-order valence-corrected chi connectivity index (χ2v) is 6.05. The zero-order valence-corrected chi connectivity index (χ0v) is 11.0. The largest absolute Gasteiger partial charge is 0.496 e. The van der Waals surface area contributed by atoms with Gasteiger partial charge in [-0.3, -0.25) is 0 Å². The number of rotatable bonds is 3. The fourth-order valence-corrected chi connectivity index (χ4v) is 2.99. The smallest absolute Gasteiger partial charge is 0.122 e. The van der Waals surface area contributed by atoms with E-state index in [2.05, 4.69) is 13.8 Å². The van der Waals surface area contributed by atoms with Gasteiger partial charge >= 0.3 is 0 Å². The zero-order valence-electron chi connectivity index (χ0n) is 11.0. The maximum atomic E-state index is 10.6. The van der Waals surface area contributed by atoms with Gasteiger partial charge in [-0.15, -0.1) is 0 Å². The molecule has 1 unspecified atom stereocenters. The lowest BCUT2D eigenvalue weighted by atomic mass is 9.86. The maximum absolute atomic E-state index is 10.6. The molecule has 0 heterocycles. The van der Waals surface area contributed by atoms with E-state index in [0.29, 0.717) is 6.42 Å². The Hall–Kier alpha value is -1.02. The summed E-state index contributed by atoms with van der Waals surface area (Å²) in [5, 5.41) is 10.6. The zero-order chi connectivity index (χ0) is 12.5. The number of para-hydroxylation sites is 1. The van der Waals surface area contributed by atoms with Crippen LogP contribution in [0, 0.1) is 5.41 Å². The van der Waals surface area contributed by atoms with E-state index >= 15 is 0 Å². The van der Waals surface area contributed by atoms with Crippen LogP contribution < -0.4 is 4.74 Å². The van der Waals surface area contributed by atoms with Crippen molar-refractivity contribution in [3.8, 4) is 5.75 Å². The second kappa shape index (κ2) is 4.34. The molecule has 0 amide bonds. The third-order valence-corrected chi connectivity index (χ3v) is 3.79. The quantitative estimate of drug-likeness (QED) is 0.870. The van der Waals surface area contributed by atoms with Crippen LogP contribution in [0.3, 0.4) is 0 Å². The summed E-state index contributed by atoms with van der Waals surface area (Å²) >= 11 is 0. The Labute approximate surface area is 104 Å². The molecule has 0 radical (unpaired) electrons. The van der Waals surface area contributed by atoms with E-state index in [1.165, 1.54) is 0 Å². The Morgan fingerprint density at radius 3 is 2.53 bits per heavy atom. The lowest BCUT2D eigenvalue weighted by Gasteiger charge is -2.26. The molecule has 1 N–H and O–H groups in total. The van der Waals surface area contributed by atoms with E-state index in [4.69, 9.17) is 4.74 Å². The Kier molecular flexibility index (Phi) is 3.17. The lowest BCUT2D eigenvalue weighted by molar-refractivity contribution is 0.0373. The van der Waals surface area contributed by atoms with Gasteiger partial charge < -0.3 is 9.84 Å². The molecule has 2 nitrogen and oxygen atoms in total. The van der Waals surface area contributed by atoms with E-state index in [9.17, 15) is 5.11 Å². The van der Waals surface area contributed by atoms with Crippen LogP contribution >= 0.6 is 0 Å². The van der Waals surface area contributed by atoms with Crippen molar-refractivity contribution in [2.45, 2.75) is 45.1 Å². The van der Waals surface area contributed by atoms with E-state index in [0.717, 1.165) is 30.6 Å². The minimum Gasteiger partial charge on any atom is -0.496 e. The lowest BCUT2D eigenvalue weighted by Crippen LogP contribution is -2.29. The maximum Gasteiger partial charge on any atom is 0.122 e. The summed E-state index contributed by atoms with van der Waals surface area (Å²) in [7, 11) is 1.68. The highest BCUT2D eigenvalue weighted by Gasteiger charge is 2.41. The number of benzene rings is 1. The average Bonchev–Trinajstić information content (AvgIpc) is 2.53. The summed E-state index contributed by atoms with van der Waals surface area (Å²) in [5.41, 5.74) is 0.810. The first-order chi connectivity index (χ1) is 7.94. The van der Waals surface area contributed by atoms with E-state index in [1.807, 2.05) is 24.3 Å². The summed E-state index contributed by atoms with van der Waals surface area (Å²) in [6, 6.07) is 7.97. The summed E-state index contributed by atoms with van der Waals surface area (Å²) in [4.78, 5) is 0. The molecule has 1 aliphatic rings. The highest BCUT2D eigenvalue weighted by molar-refractivity contribution is 5.34. The molecule has 0 aliphatic heterocycles. The van der Waals surface area contributed by atoms with E-state index in [1.54, 1.807) is 7.11 Å². The van der Waals surface area contributed by atoms with Gasteiger partial charge in [0, 0.05) is 6.42 Å². The number of hydrogen-bond donors (Lipinski definition) is 1. The number of ether oxygens (including phenoxy) is 1. The van der Waals surface area contributed by atoms with E-state index < -0.39 is 5.60 Å². The van der Waals surface area contributed by atoms with E-state index in [-0.39, 0.29) is 5.41 Å². The van der Waals surface area contributed by atoms with Gasteiger partial charge in [-0.2, -0.15) is 0 Å². The van der Waals surface area contributed by atoms with Crippen molar-refractivity contribution < 1.29 is 9.84 Å². The van der Waals surface area contributed by atoms with Crippen LogP contribution in [0.4, 0.5) is 0 Å². The monoisotopic (exact) mass is 234 g/mol. The molecular formula is C15H22O2. The molecule has 1 aromatic carbocycles. The van der Waals surface area contributed by atoms with Crippen molar-refractivity contribution >= 4 is 0 Å². The molecule has 1 aromatic rings. The molecule has 17 heavy (non-hydrogen) atoms. The van der Waals surface area contributed by atoms with Crippen LogP contribution in [0.1, 0.15) is 38.7 Å². The Morgan fingerprint density at radius 2 is 1.94 bits per heavy atom. The molecule has 94 valence electrons. The van der Waals surface area contributed by atoms with Crippen molar-refractivity contribution in [2.24, 2.45) is 5.41 Å². The molecule has 1 fully saturated rings. The highest BCUT2D eigenvalue weighted by Crippen LogP contribution is 2.45. The molecule has 0 saturated heterocycles. The molecule has 0 aromatic heterocycles. The predicted octanol–water partition coefficient (Wildman–Crippen LogP) is 3.18. The first-order valence-corrected chi connectivity index (χ1v) is 6.28. The Bertz CT molecular complexity index is 398. The highest BCUT2D eigenvalue weighted by atomic mass is 16.5. The molecule has 2 rings (SSSR count). The van der Waals surface area contributed by atoms with Gasteiger partial charge in [0.2, 0.25) is 0 Å². The number of aliphatic hydroxyl groups is 1. The molecule has 1 saturated carbocycles. The predicted molar refractivity (Wildman–Crippen MR) is 69.3 cm³/mol. The third-order valence-electron chi connectivity index (χ3n) is 3.79. The summed E-state index contributed by atoms with van der Waals surface area (Å²) in [6.45, 7) is 4.46. The van der Waals surface area contributed by atoms with Gasteiger partial charge in [0.05, 0.1) is 12.7 Å². The van der Waals surface area contributed by atoms with Gasteiger partial charge in [0.25, 0.3) is 0 Å². The van der Waals surface area contributed by atoms with Gasteiger partial charge in [0.15, 0.2) is 0 Å². The van der Waals surface area contributed by atoms with Gasteiger partial charge in [0.1, 0.15) is 5.75 Å². The fraction of sp³-hybridized carbons (Fsp3) is 0.600. The van der Waals surface area contributed by atoms with Crippen LogP contribution in [-0.4, -0.2) is 17.8 Å². The molecule has 2 heteroatoms. The number of hydrogen-bond acceptors (Lipinski definition) is 2. The molecule has 1 aliphatic carbocycles. The molecule has 0 spiro atoms. The van der Waals surface area contributed by atoms with Crippen molar-refractivity contribution in [1.82, 2.24) is 0 Å². The third kappa shape index (κ3) is 2.81. The van der Waals surface area contributed by atoms with Crippen LogP contribution in [0.25, 0.3) is 0 Å². The average molecular weight is 234 g/mol. The molecule has 0 bridgehead atoms. The van der Waals surface area contributed by atoms with Crippen molar-refractivity contribution in [1.29, 1.82) is 0 Å². The summed E-state index contributed by atoms with van der Waals surface area (Å²) in [5.74, 6) is 0.880. The van der Waals surface area contributed by atoms with Crippen LogP contribution in [0.5, 0.6) is 5.75 Å². The second-order valence-electron chi connectivity index (χ2n) is 6.05.